The molecule has 1 N–H and O–H groups in total. The molecule has 1 fully saturated rings. The number of carbonyl (C=O) groups excluding carboxylic acids is 1. The molecule has 0 aliphatic carbocycles. The van der Waals surface area contributed by atoms with Gasteiger partial charge in [0.1, 0.15) is 5.75 Å². The van der Waals surface area contributed by atoms with E-state index in [0.717, 1.165) is 0 Å². The maximum absolute atomic E-state index is 12.7. The zero-order valence-electron chi connectivity index (χ0n) is 15.6. The van der Waals surface area contributed by atoms with Gasteiger partial charge in [0.05, 0.1) is 23.7 Å². The number of para-hydroxylation sites is 1. The number of ether oxygens (including phenoxy) is 1. The Bertz CT molecular complexity index is 934. The van der Waals surface area contributed by atoms with E-state index in [1.165, 1.54) is 0 Å². The molecule has 0 saturated carbocycles. The summed E-state index contributed by atoms with van der Waals surface area (Å²) in [7, 11) is -3.05. The molecule has 28 heavy (non-hydrogen) atoms. The van der Waals surface area contributed by atoms with Crippen LogP contribution in [0.15, 0.2) is 48.5 Å². The molecule has 0 spiro atoms. The zero-order chi connectivity index (χ0) is 20.1. The predicted octanol–water partition coefficient (Wildman–Crippen LogP) is 3.58. The van der Waals surface area contributed by atoms with Crippen molar-refractivity contribution in [3.63, 3.8) is 0 Å². The number of benzene rings is 2. The Balaban J connectivity index is 1.69. The van der Waals surface area contributed by atoms with Crippen LogP contribution >= 0.6 is 11.6 Å². The number of hydrogen-bond donors (Lipinski definition) is 1. The van der Waals surface area contributed by atoms with E-state index in [9.17, 15) is 13.2 Å². The van der Waals surface area contributed by atoms with Crippen LogP contribution in [-0.2, 0) is 14.6 Å². The van der Waals surface area contributed by atoms with Crippen molar-refractivity contribution in [2.75, 3.05) is 29.9 Å². The standard InChI is InChI=1S/C20H23ClN2O4S/c1-2-23(16-10-11-28(25,26)14-16)20(24)13-22-18-12-15(21)8-9-19(18)27-17-6-4-3-5-7-17/h3-9,12,16,22H,2,10-11,13-14H2,1H3. The molecule has 0 bridgehead atoms. The van der Waals surface area contributed by atoms with Gasteiger partial charge in [-0.15, -0.1) is 0 Å². The van der Waals surface area contributed by atoms with Crippen molar-refractivity contribution in [1.82, 2.24) is 4.90 Å². The largest absolute Gasteiger partial charge is 0.455 e. The average molecular weight is 423 g/mol. The quantitative estimate of drug-likeness (QED) is 0.738. The highest BCUT2D eigenvalue weighted by atomic mass is 35.5. The van der Waals surface area contributed by atoms with Gasteiger partial charge in [0, 0.05) is 17.6 Å². The first-order chi connectivity index (χ1) is 13.4. The smallest absolute Gasteiger partial charge is 0.242 e. The van der Waals surface area contributed by atoms with Gasteiger partial charge < -0.3 is 15.0 Å². The maximum Gasteiger partial charge on any atom is 0.242 e. The number of sulfone groups is 1. The van der Waals surface area contributed by atoms with E-state index in [2.05, 4.69) is 5.32 Å². The van der Waals surface area contributed by atoms with Gasteiger partial charge in [-0.1, -0.05) is 29.8 Å². The van der Waals surface area contributed by atoms with E-state index in [-0.39, 0.29) is 30.0 Å². The van der Waals surface area contributed by atoms with Crippen LogP contribution in [0.1, 0.15) is 13.3 Å². The molecular formula is C20H23ClN2O4S. The number of hydrogen-bond acceptors (Lipinski definition) is 5. The van der Waals surface area contributed by atoms with E-state index in [0.29, 0.717) is 35.2 Å². The summed E-state index contributed by atoms with van der Waals surface area (Å²) in [5.41, 5.74) is 0.597. The summed E-state index contributed by atoms with van der Waals surface area (Å²) in [5.74, 6) is 1.24. The lowest BCUT2D eigenvalue weighted by Crippen LogP contribution is -2.43. The number of nitrogens with one attached hydrogen (secondary N) is 1. The molecule has 2 aromatic rings. The Morgan fingerprint density at radius 3 is 2.64 bits per heavy atom. The van der Waals surface area contributed by atoms with Gasteiger partial charge in [-0.05, 0) is 43.7 Å². The summed E-state index contributed by atoms with van der Waals surface area (Å²) in [4.78, 5) is 14.3. The van der Waals surface area contributed by atoms with Gasteiger partial charge >= 0.3 is 0 Å². The SMILES string of the molecule is CCN(C(=O)CNc1cc(Cl)ccc1Oc1ccccc1)C1CCS(=O)(=O)C1. The lowest BCUT2D eigenvalue weighted by atomic mass is 10.2. The summed E-state index contributed by atoms with van der Waals surface area (Å²) in [6.07, 6.45) is 0.488. The highest BCUT2D eigenvalue weighted by Crippen LogP contribution is 2.32. The number of carbonyl (C=O) groups is 1. The molecule has 1 unspecified atom stereocenters. The molecule has 1 aliphatic heterocycles. The third-order valence-electron chi connectivity index (χ3n) is 4.65. The normalized spacial score (nSPS) is 17.9. The fourth-order valence-corrected chi connectivity index (χ4v) is 5.18. The minimum absolute atomic E-state index is 0.0237. The van der Waals surface area contributed by atoms with Crippen molar-refractivity contribution < 1.29 is 17.9 Å². The van der Waals surface area contributed by atoms with E-state index < -0.39 is 9.84 Å². The number of rotatable bonds is 7. The van der Waals surface area contributed by atoms with Crippen LogP contribution in [0.2, 0.25) is 5.02 Å². The van der Waals surface area contributed by atoms with Crippen molar-refractivity contribution in [3.8, 4) is 11.5 Å². The highest BCUT2D eigenvalue weighted by molar-refractivity contribution is 7.91. The van der Waals surface area contributed by atoms with Crippen molar-refractivity contribution >= 4 is 33.0 Å². The first-order valence-corrected chi connectivity index (χ1v) is 11.3. The second-order valence-corrected chi connectivity index (χ2v) is 9.31. The molecule has 2 aromatic carbocycles. The Kier molecular flexibility index (Phi) is 6.46. The number of halogens is 1. The molecule has 1 heterocycles. The van der Waals surface area contributed by atoms with Gasteiger partial charge in [0.15, 0.2) is 15.6 Å². The molecule has 3 rings (SSSR count). The van der Waals surface area contributed by atoms with Gasteiger partial charge in [-0.3, -0.25) is 4.79 Å². The van der Waals surface area contributed by atoms with E-state index in [4.69, 9.17) is 16.3 Å². The first-order valence-electron chi connectivity index (χ1n) is 9.14. The fraction of sp³-hybridized carbons (Fsp3) is 0.350. The van der Waals surface area contributed by atoms with Crippen molar-refractivity contribution in [2.24, 2.45) is 0 Å². The first kappa shape index (κ1) is 20.5. The van der Waals surface area contributed by atoms with Crippen LogP contribution in [0.4, 0.5) is 5.69 Å². The van der Waals surface area contributed by atoms with Crippen molar-refractivity contribution in [3.05, 3.63) is 53.6 Å². The lowest BCUT2D eigenvalue weighted by Gasteiger charge is -2.27. The lowest BCUT2D eigenvalue weighted by molar-refractivity contribution is -0.130. The summed E-state index contributed by atoms with van der Waals surface area (Å²) in [6.45, 7) is 2.34. The molecule has 6 nitrogen and oxygen atoms in total. The fourth-order valence-electron chi connectivity index (χ4n) is 3.28. The topological polar surface area (TPSA) is 75.7 Å². The number of likely N-dealkylation sites (N-methyl/N-ethyl adjacent to an activating group) is 1. The Hall–Kier alpha value is -2.25. The number of nitrogens with zero attached hydrogens (tertiary/aromatic N) is 1. The molecule has 1 atom stereocenters. The van der Waals surface area contributed by atoms with E-state index in [1.54, 1.807) is 23.1 Å². The molecule has 1 saturated heterocycles. The van der Waals surface area contributed by atoms with Crippen LogP contribution in [-0.4, -0.2) is 49.9 Å². The Morgan fingerprint density at radius 1 is 1.25 bits per heavy atom. The van der Waals surface area contributed by atoms with Crippen LogP contribution in [0.3, 0.4) is 0 Å². The minimum Gasteiger partial charge on any atom is -0.455 e. The summed E-state index contributed by atoms with van der Waals surface area (Å²) < 4.78 is 29.4. The zero-order valence-corrected chi connectivity index (χ0v) is 17.2. The molecule has 8 heteroatoms. The number of anilines is 1. The van der Waals surface area contributed by atoms with Crippen LogP contribution in [0, 0.1) is 0 Å². The second kappa shape index (κ2) is 8.84. The minimum atomic E-state index is -3.05. The average Bonchev–Trinajstić information content (AvgIpc) is 3.03. The summed E-state index contributed by atoms with van der Waals surface area (Å²) in [5, 5.41) is 3.60. The maximum atomic E-state index is 12.7. The summed E-state index contributed by atoms with van der Waals surface area (Å²) in [6, 6.07) is 14.2. The van der Waals surface area contributed by atoms with Crippen LogP contribution in [0.25, 0.3) is 0 Å². The molecule has 150 valence electrons. The van der Waals surface area contributed by atoms with Crippen molar-refractivity contribution in [1.29, 1.82) is 0 Å². The predicted molar refractivity (Wildman–Crippen MR) is 111 cm³/mol. The van der Waals surface area contributed by atoms with Gasteiger partial charge in [-0.25, -0.2) is 8.42 Å². The number of amides is 1. The van der Waals surface area contributed by atoms with Crippen LogP contribution in [0.5, 0.6) is 11.5 Å². The van der Waals surface area contributed by atoms with E-state index >= 15 is 0 Å². The molecule has 1 aliphatic rings. The second-order valence-electron chi connectivity index (χ2n) is 6.65. The Morgan fingerprint density at radius 2 is 2.00 bits per heavy atom. The van der Waals surface area contributed by atoms with Gasteiger partial charge in [-0.2, -0.15) is 0 Å². The van der Waals surface area contributed by atoms with Gasteiger partial charge in [0.25, 0.3) is 0 Å². The van der Waals surface area contributed by atoms with Crippen LogP contribution < -0.4 is 10.1 Å². The third kappa shape index (κ3) is 5.17. The van der Waals surface area contributed by atoms with E-state index in [1.807, 2.05) is 37.3 Å². The highest BCUT2D eigenvalue weighted by Gasteiger charge is 2.33. The molecule has 0 radical (unpaired) electrons. The van der Waals surface area contributed by atoms with Crippen molar-refractivity contribution in [2.45, 2.75) is 19.4 Å². The molecule has 1 amide bonds. The monoisotopic (exact) mass is 422 g/mol. The molecular weight excluding hydrogens is 400 g/mol. The Labute approximate surface area is 170 Å². The third-order valence-corrected chi connectivity index (χ3v) is 6.64. The summed E-state index contributed by atoms with van der Waals surface area (Å²) >= 11 is 6.10. The molecule has 0 aromatic heterocycles. The van der Waals surface area contributed by atoms with Gasteiger partial charge in [0.2, 0.25) is 5.91 Å².